The van der Waals surface area contributed by atoms with Crippen LogP contribution in [0.4, 0.5) is 104 Å². The van der Waals surface area contributed by atoms with E-state index in [0.29, 0.717) is 57.5 Å². The van der Waals surface area contributed by atoms with Crippen LogP contribution in [-0.4, -0.2) is 91.5 Å². The van der Waals surface area contributed by atoms with E-state index in [4.69, 9.17) is 65.8 Å². The van der Waals surface area contributed by atoms with Gasteiger partial charge in [-0.05, 0) is 191 Å². The number of fused-ring (bicyclic) bond motifs is 4. The monoisotopic (exact) mass is 1640 g/mol. The van der Waals surface area contributed by atoms with Gasteiger partial charge in [0.2, 0.25) is 47.1 Å². The van der Waals surface area contributed by atoms with Gasteiger partial charge in [-0.1, -0.05) is 71.7 Å². The van der Waals surface area contributed by atoms with Crippen molar-refractivity contribution in [3.05, 3.63) is 250 Å². The van der Waals surface area contributed by atoms with Crippen molar-refractivity contribution in [1.29, 1.82) is 0 Å². The predicted molar refractivity (Wildman–Crippen MR) is 434 cm³/mol. The van der Waals surface area contributed by atoms with Gasteiger partial charge >= 0.3 is 6.36 Å². The second kappa shape index (κ2) is 31.6. The van der Waals surface area contributed by atoms with Crippen LogP contribution in [0.25, 0.3) is 67.9 Å². The molecule has 4 saturated carbocycles. The van der Waals surface area contributed by atoms with Gasteiger partial charge in [0.05, 0.1) is 56.3 Å². The average molecular weight is 1640 g/mol. The number of hydrogen-bond donors (Lipinski definition) is 8. The van der Waals surface area contributed by atoms with Gasteiger partial charge in [0.15, 0.2) is 46.5 Å². The molecular formula is C82H66Cl2F8N24O2. The van der Waals surface area contributed by atoms with Gasteiger partial charge in [-0.3, -0.25) is 18.3 Å². The largest absolute Gasteiger partial charge is 0.573 e. The van der Waals surface area contributed by atoms with Gasteiger partial charge in [0, 0.05) is 51.4 Å². The van der Waals surface area contributed by atoms with Crippen LogP contribution in [0.1, 0.15) is 98.3 Å². The van der Waals surface area contributed by atoms with Crippen LogP contribution in [-0.2, 0) is 0 Å². The first kappa shape index (κ1) is 76.6. The number of aromatic nitrogens is 16. The topological polar surface area (TPSA) is 345 Å². The van der Waals surface area contributed by atoms with Gasteiger partial charge in [-0.25, -0.2) is 24.3 Å². The Labute approximate surface area is 674 Å². The van der Waals surface area contributed by atoms with Crippen molar-refractivity contribution in [1.82, 2.24) is 78.1 Å². The summed E-state index contributed by atoms with van der Waals surface area (Å²) in [6.45, 7) is 0. The van der Waals surface area contributed by atoms with Crippen molar-refractivity contribution >= 4 is 137 Å². The summed E-state index contributed by atoms with van der Waals surface area (Å²) in [5.41, 5.74) is 31.9. The number of nitrogens with two attached hydrogens (primary N) is 4. The quantitative estimate of drug-likeness (QED) is 0.0370. The molecule has 0 radical (unpaired) electrons. The van der Waals surface area contributed by atoms with Gasteiger partial charge in [0.25, 0.3) is 0 Å². The molecule has 26 nitrogen and oxygen atoms in total. The van der Waals surface area contributed by atoms with Crippen molar-refractivity contribution < 1.29 is 44.6 Å². The molecule has 4 fully saturated rings. The second-order valence-electron chi connectivity index (χ2n) is 28.0. The van der Waals surface area contributed by atoms with Crippen LogP contribution in [0, 0.1) is 29.1 Å². The van der Waals surface area contributed by atoms with Crippen molar-refractivity contribution in [3.8, 4) is 35.3 Å². The fraction of sp³-hybridized carbons (Fsp3) is 0.171. The smallest absolute Gasteiger partial charge is 0.497 e. The summed E-state index contributed by atoms with van der Waals surface area (Å²) in [5, 5.41) is 12.0. The zero-order chi connectivity index (χ0) is 81.8. The number of ether oxygens (including phenoxy) is 2. The zero-order valence-electron chi connectivity index (χ0n) is 61.9. The number of anilines is 12. The summed E-state index contributed by atoms with van der Waals surface area (Å²) < 4.78 is 126. The molecule has 0 atom stereocenters. The molecule has 0 aliphatic heterocycles. The second-order valence-corrected chi connectivity index (χ2v) is 28.8. The third kappa shape index (κ3) is 16.4. The van der Waals surface area contributed by atoms with E-state index < -0.39 is 41.2 Å². The number of imidazole rings is 4. The fourth-order valence-electron chi connectivity index (χ4n) is 13.1. The lowest BCUT2D eigenvalue weighted by molar-refractivity contribution is -0.274. The Morgan fingerprint density at radius 3 is 0.898 bits per heavy atom. The fourth-order valence-corrected chi connectivity index (χ4v) is 13.3. The SMILES string of the molecule is COc1ccc(Nc2nc(-n3c(C4CC4)nc4ccccc43)nc(N)c2F)cc1.Nc1nc(-n2c(C3CC3)nc3ccccc32)nc(Nc2ccc(Cl)c(F)c2)c1F.Nc1nc(-n2c(C3CC3)nc3ccccc32)nc(Nc2ccc(Cl)cc2)c1F.Nc1nc(-n2c(C3CC3)nc3ccccc32)nc(Nc2ccc(OC(F)(F)F)cc2)c1F. The Morgan fingerprint density at radius 1 is 0.347 bits per heavy atom. The number of methoxy groups -OCH3 is 1. The molecule has 8 aromatic heterocycles. The first-order valence-electron chi connectivity index (χ1n) is 37.0. The van der Waals surface area contributed by atoms with Crippen LogP contribution in [0.5, 0.6) is 11.5 Å². The zero-order valence-corrected chi connectivity index (χ0v) is 63.4. The highest BCUT2D eigenvalue weighted by Crippen LogP contribution is 2.46. The number of nitrogens with one attached hydrogen (secondary N) is 4. The van der Waals surface area contributed by atoms with E-state index in [1.807, 2.05) is 106 Å². The third-order valence-corrected chi connectivity index (χ3v) is 19.9. The molecule has 4 aliphatic rings. The van der Waals surface area contributed by atoms with Crippen molar-refractivity contribution in [2.45, 2.75) is 81.4 Å². The molecule has 8 heterocycles. The highest BCUT2D eigenvalue weighted by molar-refractivity contribution is 6.31. The average Bonchev–Trinajstić information content (AvgIpc) is 1.61. The Hall–Kier alpha value is -14.0. The van der Waals surface area contributed by atoms with Gasteiger partial charge < -0.3 is 53.7 Å². The van der Waals surface area contributed by atoms with Crippen LogP contribution < -0.4 is 53.7 Å². The molecule has 0 unspecified atom stereocenters. The molecule has 12 N–H and O–H groups in total. The number of nitrogen functional groups attached to an aromatic ring is 4. The van der Waals surface area contributed by atoms with Crippen LogP contribution >= 0.6 is 23.2 Å². The molecule has 20 rings (SSSR count). The van der Waals surface area contributed by atoms with E-state index in [1.165, 1.54) is 24.3 Å². The molecular weight excluding hydrogens is 1580 g/mol. The van der Waals surface area contributed by atoms with Gasteiger partial charge in [-0.15, -0.1) is 13.2 Å². The highest BCUT2D eigenvalue weighted by Gasteiger charge is 2.37. The van der Waals surface area contributed by atoms with Crippen molar-refractivity contribution in [2.24, 2.45) is 0 Å². The van der Waals surface area contributed by atoms with E-state index in [2.05, 4.69) is 70.9 Å². The molecule has 0 spiro atoms. The molecule has 4 aliphatic carbocycles. The normalized spacial score (nSPS) is 13.8. The maximum atomic E-state index is 14.7. The first-order chi connectivity index (χ1) is 57.0. The lowest BCUT2D eigenvalue weighted by Crippen LogP contribution is -2.17. The Morgan fingerprint density at radius 2 is 0.619 bits per heavy atom. The van der Waals surface area contributed by atoms with E-state index >= 15 is 0 Å². The number of hydrogen-bond acceptors (Lipinski definition) is 22. The maximum Gasteiger partial charge on any atom is 0.573 e. The molecule has 36 heteroatoms. The minimum atomic E-state index is -4.80. The lowest BCUT2D eigenvalue weighted by Gasteiger charge is -2.13. The van der Waals surface area contributed by atoms with Crippen LogP contribution in [0.15, 0.2) is 188 Å². The summed E-state index contributed by atoms with van der Waals surface area (Å²) >= 11 is 11.6. The number of halogens is 10. The van der Waals surface area contributed by atoms with E-state index in [1.54, 1.807) is 64.8 Å². The first-order valence-corrected chi connectivity index (χ1v) is 37.8. The number of para-hydroxylation sites is 8. The molecule has 8 aromatic carbocycles. The summed E-state index contributed by atoms with van der Waals surface area (Å²) in [6, 6.07) is 53.4. The number of nitrogens with zero attached hydrogens (tertiary/aromatic N) is 16. The minimum Gasteiger partial charge on any atom is -0.497 e. The highest BCUT2D eigenvalue weighted by atomic mass is 35.5. The van der Waals surface area contributed by atoms with Crippen LogP contribution in [0.3, 0.4) is 0 Å². The Balaban J connectivity index is 0.000000113. The molecule has 596 valence electrons. The maximum absolute atomic E-state index is 14.7. The van der Waals surface area contributed by atoms with E-state index in [-0.39, 0.29) is 75.1 Å². The summed E-state index contributed by atoms with van der Waals surface area (Å²) in [7, 11) is 1.59. The van der Waals surface area contributed by atoms with Crippen molar-refractivity contribution in [3.63, 3.8) is 0 Å². The third-order valence-electron chi connectivity index (χ3n) is 19.4. The Bertz CT molecular complexity index is 6490. The van der Waals surface area contributed by atoms with Crippen LogP contribution in [0.2, 0.25) is 10.0 Å². The predicted octanol–water partition coefficient (Wildman–Crippen LogP) is 19.0. The summed E-state index contributed by atoms with van der Waals surface area (Å²) in [4.78, 5) is 53.1. The van der Waals surface area contributed by atoms with Gasteiger partial charge in [0.1, 0.15) is 40.6 Å². The summed E-state index contributed by atoms with van der Waals surface area (Å²) in [5.74, 6) is 0.713. The molecule has 118 heavy (non-hydrogen) atoms. The molecule has 16 aromatic rings. The lowest BCUT2D eigenvalue weighted by atomic mass is 10.3. The molecule has 0 bridgehead atoms. The Kier molecular flexibility index (Phi) is 20.5. The number of benzene rings is 8. The number of rotatable bonds is 18. The molecule has 0 saturated heterocycles. The van der Waals surface area contributed by atoms with Crippen molar-refractivity contribution in [2.75, 3.05) is 51.3 Å². The van der Waals surface area contributed by atoms with E-state index in [0.717, 1.165) is 137 Å². The van der Waals surface area contributed by atoms with E-state index in [9.17, 15) is 35.1 Å². The minimum absolute atomic E-state index is 0.00403. The summed E-state index contributed by atoms with van der Waals surface area (Å²) in [6.07, 6.45) is 3.47. The van der Waals surface area contributed by atoms with Gasteiger partial charge in [-0.2, -0.15) is 57.4 Å². The number of alkyl halides is 3. The standard InChI is InChI=1S/C21H16F4N6O.C21H19FN6O.C20H15ClF2N6.C20H16ClFN6/c22-16-17(26)29-20(31-15-4-2-1-3-14(15)28-19(31)11-5-6-11)30-18(16)27-12-7-9-13(10-8-12)32-21(23,24)25;1-29-14-10-8-13(9-11-14)24-19-17(22)18(23)26-21(27-19)28-16-5-3-2-4-15(16)25-20(28)12-6-7-12;21-12-8-7-11(9-13(12)22)25-18-16(23)17(24)27-20(28-18)29-15-4-2-1-3-14(15)26-19(29)10-5-6-10;21-12-7-9-13(10-8-12)24-18-16(22)17(23)26-20(27-18)28-15-4-2-1-3-14(15)25-19(28)11-5-6-11/h1-4,7-11H,5-6H2,(H3,26,27,29,30);2-5,8-12H,6-7H2,1H3,(H3,23,24,26,27);1-4,7-10H,5-6H2,(H3,24,25,27,28);1-4,7-11H,5-6H2,(H3,23,24,26,27). The molecule has 0 amide bonds.